The third-order valence-electron chi connectivity index (χ3n) is 2.76. The molecule has 0 saturated heterocycles. The number of hydrogen-bond acceptors (Lipinski definition) is 5. The lowest BCUT2D eigenvalue weighted by Gasteiger charge is -2.09. The minimum absolute atomic E-state index is 0.518. The molecule has 2 rings (SSSR count). The molecule has 0 atom stereocenters. The van der Waals surface area contributed by atoms with E-state index in [4.69, 9.17) is 9.47 Å². The maximum absolute atomic E-state index is 5.69. The zero-order valence-corrected chi connectivity index (χ0v) is 11.9. The fourth-order valence-corrected chi connectivity index (χ4v) is 1.75. The quantitative estimate of drug-likeness (QED) is 0.791. The first kappa shape index (κ1) is 14.3. The minimum atomic E-state index is 0.518. The molecule has 0 radical (unpaired) electrons. The second kappa shape index (κ2) is 7.49. The standard InChI is InChI=1S/C14H20N4O2/c1-3-15-10-14-16-11-18(17-14)8-9-20-13-7-5-4-6-12(13)19-2/h4-7,11,15H,3,8-10H2,1-2H3. The minimum Gasteiger partial charge on any atom is -0.493 e. The number of methoxy groups -OCH3 is 1. The Kier molecular flexibility index (Phi) is 5.37. The first-order chi connectivity index (χ1) is 9.83. The van der Waals surface area contributed by atoms with Crippen LogP contribution in [0.3, 0.4) is 0 Å². The lowest BCUT2D eigenvalue weighted by Crippen LogP contribution is -2.14. The Morgan fingerprint density at radius 1 is 1.25 bits per heavy atom. The lowest BCUT2D eigenvalue weighted by atomic mass is 10.3. The first-order valence-electron chi connectivity index (χ1n) is 6.68. The van der Waals surface area contributed by atoms with Gasteiger partial charge >= 0.3 is 0 Å². The molecule has 0 unspecified atom stereocenters. The molecule has 1 aromatic carbocycles. The van der Waals surface area contributed by atoms with E-state index in [0.29, 0.717) is 19.7 Å². The molecule has 6 nitrogen and oxygen atoms in total. The maximum atomic E-state index is 5.69. The van der Waals surface area contributed by atoms with Crippen molar-refractivity contribution in [3.8, 4) is 11.5 Å². The van der Waals surface area contributed by atoms with Crippen LogP contribution in [0.15, 0.2) is 30.6 Å². The third kappa shape index (κ3) is 3.96. The average Bonchev–Trinajstić information content (AvgIpc) is 2.93. The zero-order chi connectivity index (χ0) is 14.2. The summed E-state index contributed by atoms with van der Waals surface area (Å²) in [7, 11) is 1.63. The molecule has 6 heteroatoms. The van der Waals surface area contributed by atoms with Gasteiger partial charge in [0.2, 0.25) is 0 Å². The topological polar surface area (TPSA) is 61.2 Å². The van der Waals surface area contributed by atoms with Gasteiger partial charge in [0.25, 0.3) is 0 Å². The van der Waals surface area contributed by atoms with Gasteiger partial charge in [-0.25, -0.2) is 9.67 Å². The predicted octanol–water partition coefficient (Wildman–Crippen LogP) is 1.48. The molecule has 0 saturated carbocycles. The van der Waals surface area contributed by atoms with Gasteiger partial charge in [-0.15, -0.1) is 0 Å². The number of nitrogens with zero attached hydrogens (tertiary/aromatic N) is 3. The monoisotopic (exact) mass is 276 g/mol. The van der Waals surface area contributed by atoms with E-state index in [0.717, 1.165) is 23.9 Å². The van der Waals surface area contributed by atoms with Crippen LogP contribution in [0.4, 0.5) is 0 Å². The molecule has 20 heavy (non-hydrogen) atoms. The highest BCUT2D eigenvalue weighted by molar-refractivity contribution is 5.39. The van der Waals surface area contributed by atoms with Crippen LogP contribution in [0, 0.1) is 0 Å². The summed E-state index contributed by atoms with van der Waals surface area (Å²) in [5, 5.41) is 7.54. The number of hydrogen-bond donors (Lipinski definition) is 1. The SMILES string of the molecule is CCNCc1ncn(CCOc2ccccc2OC)n1. The highest BCUT2D eigenvalue weighted by Crippen LogP contribution is 2.25. The summed E-state index contributed by atoms with van der Waals surface area (Å²) in [5.74, 6) is 2.27. The van der Waals surface area contributed by atoms with Crippen molar-refractivity contribution in [3.63, 3.8) is 0 Å². The van der Waals surface area contributed by atoms with Gasteiger partial charge in [-0.1, -0.05) is 19.1 Å². The number of ether oxygens (including phenoxy) is 2. The van der Waals surface area contributed by atoms with Gasteiger partial charge < -0.3 is 14.8 Å². The molecule has 0 aliphatic heterocycles. The van der Waals surface area contributed by atoms with E-state index >= 15 is 0 Å². The average molecular weight is 276 g/mol. The van der Waals surface area contributed by atoms with Crippen molar-refractivity contribution < 1.29 is 9.47 Å². The van der Waals surface area contributed by atoms with E-state index < -0.39 is 0 Å². The molecule has 0 aliphatic rings. The highest BCUT2D eigenvalue weighted by atomic mass is 16.5. The smallest absolute Gasteiger partial charge is 0.164 e. The Labute approximate surface area is 118 Å². The van der Waals surface area contributed by atoms with Crippen molar-refractivity contribution in [1.29, 1.82) is 0 Å². The molecule has 0 spiro atoms. The van der Waals surface area contributed by atoms with Gasteiger partial charge in [0.1, 0.15) is 12.9 Å². The molecule has 108 valence electrons. The molecule has 1 N–H and O–H groups in total. The fourth-order valence-electron chi connectivity index (χ4n) is 1.75. The van der Waals surface area contributed by atoms with Crippen LogP contribution in [0.25, 0.3) is 0 Å². The summed E-state index contributed by atoms with van der Waals surface area (Å²) in [4.78, 5) is 4.22. The van der Waals surface area contributed by atoms with E-state index in [1.54, 1.807) is 18.1 Å². The van der Waals surface area contributed by atoms with E-state index in [1.807, 2.05) is 24.3 Å². The van der Waals surface area contributed by atoms with E-state index in [-0.39, 0.29) is 0 Å². The van der Waals surface area contributed by atoms with Crippen LogP contribution in [0.5, 0.6) is 11.5 Å². The Bertz CT molecular complexity index is 527. The van der Waals surface area contributed by atoms with Gasteiger partial charge in [0.15, 0.2) is 17.3 Å². The van der Waals surface area contributed by atoms with Crippen LogP contribution in [0.2, 0.25) is 0 Å². The molecule has 0 aliphatic carbocycles. The summed E-state index contributed by atoms with van der Waals surface area (Å²) in [5.41, 5.74) is 0. The van der Waals surface area contributed by atoms with Gasteiger partial charge in [-0.05, 0) is 18.7 Å². The second-order valence-electron chi connectivity index (χ2n) is 4.20. The van der Waals surface area contributed by atoms with Gasteiger partial charge in [-0.3, -0.25) is 0 Å². The summed E-state index contributed by atoms with van der Waals surface area (Å²) in [6.07, 6.45) is 1.72. The molecule has 1 aromatic heterocycles. The molecule has 0 fully saturated rings. The van der Waals surface area contributed by atoms with E-state index in [1.165, 1.54) is 0 Å². The lowest BCUT2D eigenvalue weighted by molar-refractivity contribution is 0.274. The normalized spacial score (nSPS) is 10.5. The Morgan fingerprint density at radius 2 is 2.05 bits per heavy atom. The van der Waals surface area contributed by atoms with Gasteiger partial charge in [0, 0.05) is 0 Å². The van der Waals surface area contributed by atoms with Crippen molar-refractivity contribution in [2.24, 2.45) is 0 Å². The molecule has 0 bridgehead atoms. The third-order valence-corrected chi connectivity index (χ3v) is 2.76. The maximum Gasteiger partial charge on any atom is 0.164 e. The molecular formula is C14H20N4O2. The van der Waals surface area contributed by atoms with Gasteiger partial charge in [0.05, 0.1) is 20.2 Å². The van der Waals surface area contributed by atoms with Crippen molar-refractivity contribution in [3.05, 3.63) is 36.4 Å². The zero-order valence-electron chi connectivity index (χ0n) is 11.9. The van der Waals surface area contributed by atoms with Crippen molar-refractivity contribution >= 4 is 0 Å². The molecule has 0 amide bonds. The number of para-hydroxylation sites is 2. The predicted molar refractivity (Wildman–Crippen MR) is 75.9 cm³/mol. The largest absolute Gasteiger partial charge is 0.493 e. The van der Waals surface area contributed by atoms with Crippen LogP contribution >= 0.6 is 0 Å². The fraction of sp³-hybridized carbons (Fsp3) is 0.429. The molecular weight excluding hydrogens is 256 g/mol. The summed E-state index contributed by atoms with van der Waals surface area (Å²) >= 11 is 0. The van der Waals surface area contributed by atoms with Crippen LogP contribution < -0.4 is 14.8 Å². The molecule has 2 aromatic rings. The highest BCUT2D eigenvalue weighted by Gasteiger charge is 2.03. The number of aromatic nitrogens is 3. The van der Waals surface area contributed by atoms with E-state index in [2.05, 4.69) is 22.3 Å². The summed E-state index contributed by atoms with van der Waals surface area (Å²) in [6, 6.07) is 7.59. The second-order valence-corrected chi connectivity index (χ2v) is 4.20. The summed E-state index contributed by atoms with van der Waals surface area (Å²) < 4.78 is 12.7. The number of benzene rings is 1. The Hall–Kier alpha value is -2.08. The van der Waals surface area contributed by atoms with Crippen LogP contribution in [-0.4, -0.2) is 35.0 Å². The summed E-state index contributed by atoms with van der Waals surface area (Å²) in [6.45, 7) is 4.82. The van der Waals surface area contributed by atoms with Gasteiger partial charge in [-0.2, -0.15) is 5.10 Å². The molecule has 1 heterocycles. The number of nitrogens with one attached hydrogen (secondary N) is 1. The Morgan fingerprint density at radius 3 is 2.80 bits per heavy atom. The van der Waals surface area contributed by atoms with E-state index in [9.17, 15) is 0 Å². The Balaban J connectivity index is 1.82. The van der Waals surface area contributed by atoms with Crippen LogP contribution in [-0.2, 0) is 13.1 Å². The first-order valence-corrected chi connectivity index (χ1v) is 6.68. The van der Waals surface area contributed by atoms with Crippen molar-refractivity contribution in [1.82, 2.24) is 20.1 Å². The van der Waals surface area contributed by atoms with Crippen molar-refractivity contribution in [2.45, 2.75) is 20.0 Å². The van der Waals surface area contributed by atoms with Crippen molar-refractivity contribution in [2.75, 3.05) is 20.3 Å². The number of rotatable bonds is 8. The van der Waals surface area contributed by atoms with Crippen LogP contribution in [0.1, 0.15) is 12.7 Å².